The van der Waals surface area contributed by atoms with Crippen molar-refractivity contribution in [3.05, 3.63) is 48.5 Å². The molecule has 0 aliphatic rings. The first kappa shape index (κ1) is 25.3. The van der Waals surface area contributed by atoms with E-state index in [1.165, 1.54) is 38.5 Å². The number of rotatable bonds is 7. The van der Waals surface area contributed by atoms with Crippen molar-refractivity contribution >= 4 is 21.7 Å². The highest BCUT2D eigenvalue weighted by molar-refractivity contribution is 7.92. The van der Waals surface area contributed by atoms with Crippen LogP contribution in [0.25, 0.3) is 0 Å². The lowest BCUT2D eigenvalue weighted by atomic mass is 10.3. The number of benzene rings is 2. The van der Waals surface area contributed by atoms with E-state index in [0.717, 1.165) is 0 Å². The maximum Gasteiger partial charge on any atom is 0.343 e. The topological polar surface area (TPSA) is 90.9 Å². The number of hydrogen-bond acceptors (Lipinski definition) is 6. The molecule has 0 spiro atoms. The summed E-state index contributed by atoms with van der Waals surface area (Å²) in [6, 6.07) is 12.3. The van der Waals surface area contributed by atoms with Crippen molar-refractivity contribution in [1.82, 2.24) is 0 Å². The second-order valence-electron chi connectivity index (χ2n) is 4.67. The first-order valence-corrected chi connectivity index (χ1v) is 10.4. The summed E-state index contributed by atoms with van der Waals surface area (Å²) in [5.74, 6) is 0.383. The molecule has 0 aliphatic heterocycles. The fraction of sp³-hybridized carbons (Fsp3) is 0.350. The van der Waals surface area contributed by atoms with Crippen molar-refractivity contribution < 1.29 is 27.4 Å². The smallest absolute Gasteiger partial charge is 0.343 e. The van der Waals surface area contributed by atoms with Crippen LogP contribution in [0.3, 0.4) is 0 Å². The van der Waals surface area contributed by atoms with E-state index >= 15 is 0 Å². The van der Waals surface area contributed by atoms with E-state index in [1.807, 2.05) is 27.7 Å². The third-order valence-electron chi connectivity index (χ3n) is 3.04. The third kappa shape index (κ3) is 8.30. The van der Waals surface area contributed by atoms with Gasteiger partial charge >= 0.3 is 5.97 Å². The molecule has 8 heteroatoms. The first-order chi connectivity index (χ1) is 13.4. The Kier molecular flexibility index (Phi) is 12.1. The van der Waals surface area contributed by atoms with E-state index < -0.39 is 16.0 Å². The number of methoxy groups -OCH3 is 2. The van der Waals surface area contributed by atoms with Crippen molar-refractivity contribution in [2.75, 3.05) is 25.5 Å². The summed E-state index contributed by atoms with van der Waals surface area (Å²) in [4.78, 5) is 11.1. The number of nitrogens with one attached hydrogen (secondary N) is 1. The summed E-state index contributed by atoms with van der Waals surface area (Å²) >= 11 is 0. The lowest BCUT2D eigenvalue weighted by Crippen LogP contribution is -2.14. The average Bonchev–Trinajstić information content (AvgIpc) is 2.75. The molecule has 0 aromatic heterocycles. The predicted molar refractivity (Wildman–Crippen MR) is 110 cm³/mol. The summed E-state index contributed by atoms with van der Waals surface area (Å²) < 4.78 is 41.9. The number of ether oxygens (including phenoxy) is 3. The molecule has 1 N–H and O–H groups in total. The number of anilines is 1. The van der Waals surface area contributed by atoms with Crippen molar-refractivity contribution in [1.29, 1.82) is 0 Å². The largest absolute Gasteiger partial charge is 0.497 e. The minimum Gasteiger partial charge on any atom is -0.497 e. The van der Waals surface area contributed by atoms with Crippen LogP contribution < -0.4 is 14.2 Å². The molecule has 2 rings (SSSR count). The molecule has 0 saturated heterocycles. The van der Waals surface area contributed by atoms with E-state index in [2.05, 4.69) is 9.46 Å². The monoisotopic (exact) mass is 411 g/mol. The molecule has 0 saturated carbocycles. The lowest BCUT2D eigenvalue weighted by molar-refractivity contribution is -0.142. The third-order valence-corrected chi connectivity index (χ3v) is 4.44. The maximum absolute atomic E-state index is 12.4. The minimum absolute atomic E-state index is 0.0655. The highest BCUT2D eigenvalue weighted by Crippen LogP contribution is 2.22. The van der Waals surface area contributed by atoms with Gasteiger partial charge in [0.25, 0.3) is 10.0 Å². The van der Waals surface area contributed by atoms with Crippen LogP contribution in [-0.2, 0) is 19.6 Å². The molecule has 0 aliphatic carbocycles. The summed E-state index contributed by atoms with van der Waals surface area (Å²) in [5, 5.41) is 0. The molecule has 0 amide bonds. The van der Waals surface area contributed by atoms with E-state index in [0.29, 0.717) is 17.2 Å². The van der Waals surface area contributed by atoms with E-state index in [-0.39, 0.29) is 11.5 Å². The van der Waals surface area contributed by atoms with Crippen molar-refractivity contribution in [3.63, 3.8) is 0 Å². The molecule has 2 aromatic carbocycles. The Morgan fingerprint density at radius 2 is 1.54 bits per heavy atom. The van der Waals surface area contributed by atoms with Crippen LogP contribution in [0.5, 0.6) is 11.5 Å². The molecular weight excluding hydrogens is 382 g/mol. The lowest BCUT2D eigenvalue weighted by Gasteiger charge is -2.10. The predicted octanol–water partition coefficient (Wildman–Crippen LogP) is 4.10. The van der Waals surface area contributed by atoms with Crippen LogP contribution in [0.4, 0.5) is 5.69 Å². The second-order valence-corrected chi connectivity index (χ2v) is 6.36. The Morgan fingerprint density at radius 1 is 0.929 bits per heavy atom. The Morgan fingerprint density at radius 3 is 2.07 bits per heavy atom. The van der Waals surface area contributed by atoms with Crippen molar-refractivity contribution in [2.45, 2.75) is 32.6 Å². The quantitative estimate of drug-likeness (QED) is 0.690. The zero-order chi connectivity index (χ0) is 21.6. The van der Waals surface area contributed by atoms with Crippen LogP contribution >= 0.6 is 0 Å². The normalized spacial score (nSPS) is 9.64. The van der Waals surface area contributed by atoms with Gasteiger partial charge in [-0.25, -0.2) is 13.2 Å². The van der Waals surface area contributed by atoms with Gasteiger partial charge < -0.3 is 14.2 Å². The Labute approximate surface area is 167 Å². The van der Waals surface area contributed by atoms with Gasteiger partial charge in [-0.2, -0.15) is 0 Å². The number of carbonyl (C=O) groups is 1. The van der Waals surface area contributed by atoms with Gasteiger partial charge in [-0.1, -0.05) is 33.8 Å². The summed E-state index contributed by atoms with van der Waals surface area (Å²) in [7, 11) is -0.988. The van der Waals surface area contributed by atoms with Crippen LogP contribution in [0.2, 0.25) is 0 Å². The van der Waals surface area contributed by atoms with E-state index in [9.17, 15) is 13.2 Å². The van der Waals surface area contributed by atoms with Gasteiger partial charge in [0.1, 0.15) is 11.5 Å². The SMILES string of the molecule is CC.CC.COC(=O)COc1ccc(S(=O)(=O)Nc2cccc(OC)c2)cc1. The Hall–Kier alpha value is -2.74. The molecule has 7 nitrogen and oxygen atoms in total. The molecule has 0 unspecified atom stereocenters. The maximum atomic E-state index is 12.4. The second kappa shape index (κ2) is 13.4. The van der Waals surface area contributed by atoms with Gasteiger partial charge in [0, 0.05) is 6.07 Å². The van der Waals surface area contributed by atoms with Gasteiger partial charge in [0.2, 0.25) is 0 Å². The molecule has 0 atom stereocenters. The van der Waals surface area contributed by atoms with E-state index in [1.54, 1.807) is 24.3 Å². The molecule has 156 valence electrons. The molecule has 28 heavy (non-hydrogen) atoms. The first-order valence-electron chi connectivity index (χ1n) is 8.91. The van der Waals surface area contributed by atoms with Gasteiger partial charge in [-0.05, 0) is 36.4 Å². The summed E-state index contributed by atoms with van der Waals surface area (Å²) in [6.07, 6.45) is 0. The van der Waals surface area contributed by atoms with Gasteiger partial charge in [0.15, 0.2) is 6.61 Å². The molecule has 0 bridgehead atoms. The zero-order valence-electron chi connectivity index (χ0n) is 17.2. The fourth-order valence-corrected chi connectivity index (χ4v) is 2.87. The van der Waals surface area contributed by atoms with Crippen LogP contribution in [0, 0.1) is 0 Å². The Balaban J connectivity index is 0.00000171. The highest BCUT2D eigenvalue weighted by Gasteiger charge is 2.14. The van der Waals surface area contributed by atoms with Crippen LogP contribution in [0.15, 0.2) is 53.4 Å². The van der Waals surface area contributed by atoms with E-state index in [4.69, 9.17) is 9.47 Å². The summed E-state index contributed by atoms with van der Waals surface area (Å²) in [6.45, 7) is 7.75. The molecule has 2 aromatic rings. The number of hydrogen-bond donors (Lipinski definition) is 1. The van der Waals surface area contributed by atoms with Gasteiger partial charge in [-0.15, -0.1) is 0 Å². The van der Waals surface area contributed by atoms with Gasteiger partial charge in [-0.3, -0.25) is 4.72 Å². The number of esters is 1. The zero-order valence-corrected chi connectivity index (χ0v) is 18.0. The fourth-order valence-electron chi connectivity index (χ4n) is 1.82. The molecule has 0 radical (unpaired) electrons. The molecule has 0 heterocycles. The van der Waals surface area contributed by atoms with Crippen molar-refractivity contribution in [2.24, 2.45) is 0 Å². The highest BCUT2D eigenvalue weighted by atomic mass is 32.2. The van der Waals surface area contributed by atoms with Crippen molar-refractivity contribution in [3.8, 4) is 11.5 Å². The van der Waals surface area contributed by atoms with Gasteiger partial charge in [0.05, 0.1) is 24.8 Å². The summed E-state index contributed by atoms with van der Waals surface area (Å²) in [5.41, 5.74) is 0.389. The van der Waals surface area contributed by atoms with Crippen LogP contribution in [0.1, 0.15) is 27.7 Å². The molecular formula is C20H29NO6S. The molecule has 0 fully saturated rings. The Bertz CT molecular complexity index is 804. The number of carbonyl (C=O) groups excluding carboxylic acids is 1. The van der Waals surface area contributed by atoms with Crippen LogP contribution in [-0.4, -0.2) is 35.2 Å². The number of sulfonamides is 1. The average molecular weight is 412 g/mol. The minimum atomic E-state index is -3.74. The standard InChI is InChI=1S/C16H17NO6S.2C2H6/c1-21-14-5-3-4-12(10-14)17-24(19,20)15-8-6-13(7-9-15)23-11-16(18)22-2;2*1-2/h3-10,17H,11H2,1-2H3;2*1-2H3.